The highest BCUT2D eigenvalue weighted by Gasteiger charge is 2.52. The molecular weight excluding hydrogens is 392 g/mol. The van der Waals surface area contributed by atoms with Crippen LogP contribution in [0, 0.1) is 17.8 Å². The van der Waals surface area contributed by atoms with Crippen molar-refractivity contribution in [2.75, 3.05) is 0 Å². The number of carbonyl (C=O) groups is 3. The van der Waals surface area contributed by atoms with Crippen LogP contribution >= 0.6 is 0 Å². The van der Waals surface area contributed by atoms with Gasteiger partial charge in [0.25, 0.3) is 0 Å². The van der Waals surface area contributed by atoms with Crippen molar-refractivity contribution in [1.82, 2.24) is 0 Å². The van der Waals surface area contributed by atoms with Gasteiger partial charge in [-0.3, -0.25) is 4.79 Å². The zero-order valence-corrected chi connectivity index (χ0v) is 17.6. The van der Waals surface area contributed by atoms with Gasteiger partial charge in [0.2, 0.25) is 0 Å². The van der Waals surface area contributed by atoms with E-state index in [2.05, 4.69) is 0 Å². The predicted molar refractivity (Wildman–Crippen MR) is 114 cm³/mol. The van der Waals surface area contributed by atoms with Gasteiger partial charge in [0.05, 0.1) is 11.1 Å². The van der Waals surface area contributed by atoms with E-state index in [9.17, 15) is 14.4 Å². The summed E-state index contributed by atoms with van der Waals surface area (Å²) in [6.07, 6.45) is 7.05. The first kappa shape index (κ1) is 20.0. The highest BCUT2D eigenvalue weighted by molar-refractivity contribution is 6.02. The van der Waals surface area contributed by atoms with Gasteiger partial charge < -0.3 is 9.47 Å². The summed E-state index contributed by atoms with van der Waals surface area (Å²) in [5.41, 5.74) is 1.49. The third-order valence-corrected chi connectivity index (χ3v) is 7.27. The normalized spacial score (nSPS) is 28.2. The lowest BCUT2D eigenvalue weighted by atomic mass is 9.48. The first-order chi connectivity index (χ1) is 14.9. The Hall–Kier alpha value is -2.95. The number of benzene rings is 2. The maximum Gasteiger partial charge on any atom is 0.346 e. The molecule has 0 aliphatic heterocycles. The molecule has 5 nitrogen and oxygen atoms in total. The second-order valence-corrected chi connectivity index (χ2v) is 9.55. The molecule has 4 aliphatic rings. The standard InChI is InChI=1S/C26H26O5/c1-16(27)30-23-8-7-21(25(29)31-24(28)20-5-3-2-4-6-20)12-22(23)26-13-17-9-18(14-26)11-19(10-17)15-26/h2-8,12,17-19H,9-11,13-15H2,1H3. The minimum absolute atomic E-state index is 0.0702. The molecule has 2 aromatic rings. The Bertz CT molecular complexity index is 1000. The van der Waals surface area contributed by atoms with E-state index < -0.39 is 11.9 Å². The number of esters is 3. The molecule has 4 aliphatic carbocycles. The van der Waals surface area contributed by atoms with Crippen LogP contribution in [0.3, 0.4) is 0 Å². The van der Waals surface area contributed by atoms with Crippen LogP contribution in [-0.2, 0) is 14.9 Å². The van der Waals surface area contributed by atoms with Gasteiger partial charge in [-0.2, -0.15) is 0 Å². The summed E-state index contributed by atoms with van der Waals surface area (Å²) in [6, 6.07) is 13.5. The van der Waals surface area contributed by atoms with Gasteiger partial charge in [0.15, 0.2) is 0 Å². The van der Waals surface area contributed by atoms with Gasteiger partial charge >= 0.3 is 17.9 Å². The van der Waals surface area contributed by atoms with Crippen LogP contribution in [0.25, 0.3) is 0 Å². The Morgan fingerprint density at radius 3 is 1.97 bits per heavy atom. The summed E-state index contributed by atoms with van der Waals surface area (Å²) in [7, 11) is 0. The minimum Gasteiger partial charge on any atom is -0.426 e. The van der Waals surface area contributed by atoms with Crippen molar-refractivity contribution in [3.8, 4) is 5.75 Å². The van der Waals surface area contributed by atoms with E-state index in [0.717, 1.165) is 24.8 Å². The molecular formula is C26H26O5. The first-order valence-corrected chi connectivity index (χ1v) is 11.1. The molecule has 0 saturated heterocycles. The average Bonchev–Trinajstić information content (AvgIpc) is 2.73. The molecule has 0 aromatic heterocycles. The van der Waals surface area contributed by atoms with Crippen LogP contribution < -0.4 is 4.74 Å². The number of carbonyl (C=O) groups excluding carboxylic acids is 3. The molecule has 0 radical (unpaired) electrons. The molecule has 31 heavy (non-hydrogen) atoms. The van der Waals surface area contributed by atoms with Crippen LogP contribution in [0.4, 0.5) is 0 Å². The smallest absolute Gasteiger partial charge is 0.346 e. The summed E-state index contributed by atoms with van der Waals surface area (Å²) in [6.45, 7) is 1.39. The zero-order chi connectivity index (χ0) is 21.6. The Kier molecular flexibility index (Phi) is 4.92. The molecule has 4 bridgehead atoms. The molecule has 0 heterocycles. The van der Waals surface area contributed by atoms with E-state index in [1.54, 1.807) is 48.5 Å². The highest BCUT2D eigenvalue weighted by atomic mass is 16.6. The third kappa shape index (κ3) is 3.78. The Morgan fingerprint density at radius 1 is 0.806 bits per heavy atom. The monoisotopic (exact) mass is 418 g/mol. The summed E-state index contributed by atoms with van der Waals surface area (Å²) >= 11 is 0. The number of hydrogen-bond donors (Lipinski definition) is 0. The van der Waals surface area contributed by atoms with Crippen molar-refractivity contribution in [1.29, 1.82) is 0 Å². The lowest BCUT2D eigenvalue weighted by Crippen LogP contribution is -2.48. The molecule has 0 amide bonds. The first-order valence-electron chi connectivity index (χ1n) is 11.1. The molecule has 5 heteroatoms. The quantitative estimate of drug-likeness (QED) is 0.394. The van der Waals surface area contributed by atoms with E-state index in [4.69, 9.17) is 9.47 Å². The fraction of sp³-hybridized carbons (Fsp3) is 0.423. The topological polar surface area (TPSA) is 69.7 Å². The van der Waals surface area contributed by atoms with Gasteiger partial charge in [0, 0.05) is 12.5 Å². The maximum absolute atomic E-state index is 12.8. The fourth-order valence-corrected chi connectivity index (χ4v) is 6.53. The van der Waals surface area contributed by atoms with Crippen LogP contribution in [0.2, 0.25) is 0 Å². The van der Waals surface area contributed by atoms with Crippen LogP contribution in [-0.4, -0.2) is 17.9 Å². The average molecular weight is 418 g/mol. The molecule has 4 saturated carbocycles. The third-order valence-electron chi connectivity index (χ3n) is 7.27. The zero-order valence-electron chi connectivity index (χ0n) is 17.6. The second kappa shape index (κ2) is 7.63. The second-order valence-electron chi connectivity index (χ2n) is 9.55. The van der Waals surface area contributed by atoms with E-state index in [1.165, 1.54) is 26.2 Å². The van der Waals surface area contributed by atoms with Gasteiger partial charge in [0.1, 0.15) is 5.75 Å². The Labute approximate surface area is 181 Å². The van der Waals surface area contributed by atoms with Gasteiger partial charge in [-0.15, -0.1) is 0 Å². The molecule has 0 spiro atoms. The highest BCUT2D eigenvalue weighted by Crippen LogP contribution is 2.62. The molecule has 4 fully saturated rings. The van der Waals surface area contributed by atoms with E-state index in [0.29, 0.717) is 34.6 Å². The van der Waals surface area contributed by atoms with Gasteiger partial charge in [-0.1, -0.05) is 18.2 Å². The van der Waals surface area contributed by atoms with Crippen molar-refractivity contribution < 1.29 is 23.9 Å². The van der Waals surface area contributed by atoms with Crippen LogP contribution in [0.1, 0.15) is 71.7 Å². The Morgan fingerprint density at radius 2 is 1.39 bits per heavy atom. The van der Waals surface area contributed by atoms with Crippen LogP contribution in [0.15, 0.2) is 48.5 Å². The lowest BCUT2D eigenvalue weighted by Gasteiger charge is -2.57. The predicted octanol–water partition coefficient (Wildman–Crippen LogP) is 5.08. The lowest BCUT2D eigenvalue weighted by molar-refractivity contribution is -0.132. The van der Waals surface area contributed by atoms with Gasteiger partial charge in [-0.25, -0.2) is 9.59 Å². The molecule has 2 aromatic carbocycles. The fourth-order valence-electron chi connectivity index (χ4n) is 6.53. The number of rotatable bonds is 4. The van der Waals surface area contributed by atoms with Crippen molar-refractivity contribution in [3.63, 3.8) is 0 Å². The van der Waals surface area contributed by atoms with Crippen molar-refractivity contribution in [3.05, 3.63) is 65.2 Å². The molecule has 6 rings (SSSR count). The van der Waals surface area contributed by atoms with Crippen LogP contribution in [0.5, 0.6) is 5.75 Å². The van der Waals surface area contributed by atoms with E-state index in [-0.39, 0.29) is 11.4 Å². The largest absolute Gasteiger partial charge is 0.426 e. The molecule has 0 unspecified atom stereocenters. The minimum atomic E-state index is -0.686. The van der Waals surface area contributed by atoms with Gasteiger partial charge in [-0.05, 0) is 92.0 Å². The number of hydrogen-bond acceptors (Lipinski definition) is 5. The van der Waals surface area contributed by atoms with Crippen molar-refractivity contribution in [2.45, 2.75) is 50.9 Å². The maximum atomic E-state index is 12.8. The summed E-state index contributed by atoms with van der Waals surface area (Å²) in [5.74, 6) is 0.895. The number of ether oxygens (including phenoxy) is 2. The SMILES string of the molecule is CC(=O)Oc1ccc(C(=O)OC(=O)c2ccccc2)cc1C12CC3CC(CC(C3)C1)C2. The molecule has 160 valence electrons. The molecule has 0 atom stereocenters. The van der Waals surface area contributed by atoms with Crippen molar-refractivity contribution >= 4 is 17.9 Å². The summed E-state index contributed by atoms with van der Waals surface area (Å²) in [4.78, 5) is 36.9. The summed E-state index contributed by atoms with van der Waals surface area (Å²) < 4.78 is 10.7. The Balaban J connectivity index is 1.47. The van der Waals surface area contributed by atoms with Crippen molar-refractivity contribution in [2.24, 2.45) is 17.8 Å². The van der Waals surface area contributed by atoms with E-state index >= 15 is 0 Å². The molecule has 0 N–H and O–H groups in total. The van der Waals surface area contributed by atoms with E-state index in [1.807, 2.05) is 0 Å². The summed E-state index contributed by atoms with van der Waals surface area (Å²) in [5, 5.41) is 0.